The van der Waals surface area contributed by atoms with Gasteiger partial charge >= 0.3 is 5.97 Å². The Labute approximate surface area is 162 Å². The summed E-state index contributed by atoms with van der Waals surface area (Å²) in [6.45, 7) is 4.38. The standard InChI is InChI=1S/C19H23N5O4/c1-2-9-24-17(25)7-6-15(21-24)19(27)28-14-18(26)23-12-10-22(11-13-23)16-5-3-4-8-20-16/h3-8H,2,9-14H2,1H3. The van der Waals surface area contributed by atoms with Gasteiger partial charge in [-0.25, -0.2) is 14.5 Å². The maximum Gasteiger partial charge on any atom is 0.359 e. The highest BCUT2D eigenvalue weighted by atomic mass is 16.5. The van der Waals surface area contributed by atoms with Crippen LogP contribution >= 0.6 is 0 Å². The number of hydrogen-bond donors (Lipinski definition) is 0. The van der Waals surface area contributed by atoms with Crippen molar-refractivity contribution < 1.29 is 14.3 Å². The van der Waals surface area contributed by atoms with Crippen LogP contribution in [0.2, 0.25) is 0 Å². The molecule has 148 valence electrons. The van der Waals surface area contributed by atoms with Crippen molar-refractivity contribution >= 4 is 17.7 Å². The van der Waals surface area contributed by atoms with Crippen LogP contribution in [0.3, 0.4) is 0 Å². The van der Waals surface area contributed by atoms with Crippen LogP contribution < -0.4 is 10.5 Å². The molecule has 3 heterocycles. The zero-order chi connectivity index (χ0) is 19.9. The number of hydrogen-bond acceptors (Lipinski definition) is 7. The number of nitrogens with zero attached hydrogens (tertiary/aromatic N) is 5. The van der Waals surface area contributed by atoms with Gasteiger partial charge in [0.2, 0.25) is 0 Å². The van der Waals surface area contributed by atoms with Crippen molar-refractivity contribution in [3.05, 3.63) is 52.6 Å². The van der Waals surface area contributed by atoms with Crippen molar-refractivity contribution in [2.75, 3.05) is 37.7 Å². The molecule has 2 aromatic heterocycles. The summed E-state index contributed by atoms with van der Waals surface area (Å²) in [5, 5.41) is 3.99. The van der Waals surface area contributed by atoms with Gasteiger partial charge in [-0.1, -0.05) is 13.0 Å². The highest BCUT2D eigenvalue weighted by Gasteiger charge is 2.23. The fourth-order valence-electron chi connectivity index (χ4n) is 2.95. The minimum absolute atomic E-state index is 0.0146. The quantitative estimate of drug-likeness (QED) is 0.670. The topological polar surface area (TPSA) is 97.6 Å². The van der Waals surface area contributed by atoms with Gasteiger partial charge in [-0.15, -0.1) is 0 Å². The number of anilines is 1. The van der Waals surface area contributed by atoms with Crippen molar-refractivity contribution in [3.63, 3.8) is 0 Å². The van der Waals surface area contributed by atoms with Gasteiger partial charge in [0.25, 0.3) is 11.5 Å². The monoisotopic (exact) mass is 385 g/mol. The number of pyridine rings is 1. The van der Waals surface area contributed by atoms with E-state index in [-0.39, 0.29) is 23.8 Å². The first-order chi connectivity index (χ1) is 13.6. The molecule has 9 heteroatoms. The number of aromatic nitrogens is 3. The van der Waals surface area contributed by atoms with Gasteiger partial charge in [0, 0.05) is 45.0 Å². The molecule has 0 aliphatic carbocycles. The van der Waals surface area contributed by atoms with Gasteiger partial charge in [0.05, 0.1) is 0 Å². The maximum absolute atomic E-state index is 12.3. The molecule has 0 radical (unpaired) electrons. The Hall–Kier alpha value is -3.23. The molecule has 2 aromatic rings. The van der Waals surface area contributed by atoms with E-state index >= 15 is 0 Å². The predicted molar refractivity (Wildman–Crippen MR) is 102 cm³/mol. The third-order valence-electron chi connectivity index (χ3n) is 4.44. The molecule has 1 aliphatic heterocycles. The number of rotatable bonds is 6. The predicted octanol–water partition coefficient (Wildman–Crippen LogP) is 0.554. The maximum atomic E-state index is 12.3. The van der Waals surface area contributed by atoms with Gasteiger partial charge in [-0.3, -0.25) is 9.59 Å². The van der Waals surface area contributed by atoms with Gasteiger partial charge in [-0.2, -0.15) is 5.10 Å². The van der Waals surface area contributed by atoms with Crippen LogP contribution in [0.15, 0.2) is 41.3 Å². The molecule has 1 saturated heterocycles. The molecule has 3 rings (SSSR count). The van der Waals surface area contributed by atoms with E-state index in [1.807, 2.05) is 25.1 Å². The highest BCUT2D eigenvalue weighted by Crippen LogP contribution is 2.12. The molecule has 1 aliphatic rings. The summed E-state index contributed by atoms with van der Waals surface area (Å²) in [5.41, 5.74) is -0.263. The largest absolute Gasteiger partial charge is 0.451 e. The lowest BCUT2D eigenvalue weighted by atomic mass is 10.3. The molecule has 0 unspecified atom stereocenters. The van der Waals surface area contributed by atoms with E-state index in [4.69, 9.17) is 4.74 Å². The van der Waals surface area contributed by atoms with Crippen LogP contribution in [-0.2, 0) is 16.1 Å². The van der Waals surface area contributed by atoms with E-state index in [2.05, 4.69) is 15.0 Å². The van der Waals surface area contributed by atoms with Crippen LogP contribution in [-0.4, -0.2) is 64.3 Å². The molecule has 0 spiro atoms. The fraction of sp³-hybridized carbons (Fsp3) is 0.421. The average Bonchev–Trinajstić information content (AvgIpc) is 2.74. The molecule has 9 nitrogen and oxygen atoms in total. The fourth-order valence-corrected chi connectivity index (χ4v) is 2.95. The van der Waals surface area contributed by atoms with Gasteiger partial charge in [0.1, 0.15) is 5.82 Å². The first-order valence-corrected chi connectivity index (χ1v) is 9.27. The van der Waals surface area contributed by atoms with E-state index in [1.165, 1.54) is 16.8 Å². The molecule has 0 N–H and O–H groups in total. The molecule has 1 amide bonds. The highest BCUT2D eigenvalue weighted by molar-refractivity contribution is 5.89. The number of carbonyl (C=O) groups is 2. The third-order valence-corrected chi connectivity index (χ3v) is 4.44. The first kappa shape index (κ1) is 19.5. The number of carbonyl (C=O) groups excluding carboxylic acids is 2. The second-order valence-corrected chi connectivity index (χ2v) is 6.41. The molecule has 1 fully saturated rings. The summed E-state index contributed by atoms with van der Waals surface area (Å²) >= 11 is 0. The van der Waals surface area contributed by atoms with E-state index in [1.54, 1.807) is 11.1 Å². The van der Waals surface area contributed by atoms with Crippen LogP contribution in [0.4, 0.5) is 5.82 Å². The second kappa shape index (κ2) is 9.12. The zero-order valence-electron chi connectivity index (χ0n) is 15.8. The molecule has 0 bridgehead atoms. The zero-order valence-corrected chi connectivity index (χ0v) is 15.8. The molecule has 0 saturated carbocycles. The van der Waals surface area contributed by atoms with Crippen molar-refractivity contribution in [2.45, 2.75) is 19.9 Å². The lowest BCUT2D eigenvalue weighted by Crippen LogP contribution is -2.50. The summed E-state index contributed by atoms with van der Waals surface area (Å²) in [4.78, 5) is 44.2. The SMILES string of the molecule is CCCn1nc(C(=O)OCC(=O)N2CCN(c3ccccn3)CC2)ccc1=O. The van der Waals surface area contributed by atoms with Gasteiger partial charge < -0.3 is 14.5 Å². The molecular formula is C19H23N5O4. The number of piperazine rings is 1. The Bertz CT molecular complexity index is 875. The first-order valence-electron chi connectivity index (χ1n) is 9.27. The Kier molecular flexibility index (Phi) is 6.36. The van der Waals surface area contributed by atoms with E-state index in [0.717, 1.165) is 5.82 Å². The summed E-state index contributed by atoms with van der Waals surface area (Å²) in [6.07, 6.45) is 2.46. The van der Waals surface area contributed by atoms with Gasteiger partial charge in [-0.05, 0) is 24.6 Å². The molecule has 0 aromatic carbocycles. The lowest BCUT2D eigenvalue weighted by Gasteiger charge is -2.35. The number of amides is 1. The summed E-state index contributed by atoms with van der Waals surface area (Å²) in [5.74, 6) is -0.0875. The average molecular weight is 385 g/mol. The van der Waals surface area contributed by atoms with Crippen LogP contribution in [0.25, 0.3) is 0 Å². The minimum atomic E-state index is -0.717. The smallest absolute Gasteiger partial charge is 0.359 e. The van der Waals surface area contributed by atoms with E-state index in [9.17, 15) is 14.4 Å². The summed E-state index contributed by atoms with van der Waals surface area (Å²) in [7, 11) is 0. The Morgan fingerprint density at radius 3 is 2.57 bits per heavy atom. The Balaban J connectivity index is 1.50. The summed E-state index contributed by atoms with van der Waals surface area (Å²) in [6, 6.07) is 8.31. The van der Waals surface area contributed by atoms with Gasteiger partial charge in [0.15, 0.2) is 12.3 Å². The van der Waals surface area contributed by atoms with Crippen molar-refractivity contribution in [1.82, 2.24) is 19.7 Å². The lowest BCUT2D eigenvalue weighted by molar-refractivity contribution is -0.134. The van der Waals surface area contributed by atoms with E-state index < -0.39 is 5.97 Å². The number of aryl methyl sites for hydroxylation is 1. The normalized spacial score (nSPS) is 14.0. The van der Waals surface area contributed by atoms with Crippen LogP contribution in [0.5, 0.6) is 0 Å². The number of ether oxygens (including phenoxy) is 1. The van der Waals surface area contributed by atoms with Crippen molar-refractivity contribution in [2.24, 2.45) is 0 Å². The second-order valence-electron chi connectivity index (χ2n) is 6.41. The van der Waals surface area contributed by atoms with Crippen molar-refractivity contribution in [1.29, 1.82) is 0 Å². The molecule has 28 heavy (non-hydrogen) atoms. The molecule has 0 atom stereocenters. The number of esters is 1. The minimum Gasteiger partial charge on any atom is -0.451 e. The van der Waals surface area contributed by atoms with Crippen LogP contribution in [0, 0.1) is 0 Å². The molecular weight excluding hydrogens is 362 g/mol. The van der Waals surface area contributed by atoms with Crippen LogP contribution in [0.1, 0.15) is 23.8 Å². The van der Waals surface area contributed by atoms with Crippen molar-refractivity contribution in [3.8, 4) is 0 Å². The Morgan fingerprint density at radius 2 is 1.89 bits per heavy atom. The van der Waals surface area contributed by atoms with E-state index in [0.29, 0.717) is 39.1 Å². The summed E-state index contributed by atoms with van der Waals surface area (Å²) < 4.78 is 6.31. The third kappa shape index (κ3) is 4.73. The Morgan fingerprint density at radius 1 is 1.11 bits per heavy atom.